The standard InChI is InChI=1S/C17H24N4/c1-2-10-21(16(7-1)15-6-4-8-18-15)12-13-11-20-17-14(13)5-3-9-19-17/h3,5,9,11,15-16,18H,1-2,4,6-8,10,12H2,(H,19,20). The van der Waals surface area contributed by atoms with Crippen molar-refractivity contribution in [2.75, 3.05) is 13.1 Å². The number of likely N-dealkylation sites (tertiary alicyclic amines) is 1. The fourth-order valence-electron chi connectivity index (χ4n) is 4.07. The Morgan fingerprint density at radius 1 is 1.24 bits per heavy atom. The molecule has 0 spiro atoms. The summed E-state index contributed by atoms with van der Waals surface area (Å²) in [6.45, 7) is 3.48. The Balaban J connectivity index is 1.56. The van der Waals surface area contributed by atoms with Gasteiger partial charge in [0.05, 0.1) is 0 Å². The van der Waals surface area contributed by atoms with Crippen LogP contribution in [0.15, 0.2) is 24.5 Å². The largest absolute Gasteiger partial charge is 0.346 e. The topological polar surface area (TPSA) is 44.0 Å². The normalized spacial score (nSPS) is 27.4. The molecule has 0 bridgehead atoms. The van der Waals surface area contributed by atoms with E-state index < -0.39 is 0 Å². The van der Waals surface area contributed by atoms with Gasteiger partial charge in [0.1, 0.15) is 5.65 Å². The number of nitrogens with zero attached hydrogens (tertiary/aromatic N) is 2. The fraction of sp³-hybridized carbons (Fsp3) is 0.588. The van der Waals surface area contributed by atoms with Crippen LogP contribution in [-0.4, -0.2) is 40.0 Å². The third-order valence-electron chi connectivity index (χ3n) is 5.14. The van der Waals surface area contributed by atoms with Gasteiger partial charge < -0.3 is 10.3 Å². The lowest BCUT2D eigenvalue weighted by Gasteiger charge is -2.39. The predicted octanol–water partition coefficient (Wildman–Crippen LogP) is 2.67. The SMILES string of the molecule is c1cnc2[nH]cc(CN3CCCCC3C3CCCN3)c2c1. The minimum Gasteiger partial charge on any atom is -0.346 e. The van der Waals surface area contributed by atoms with Gasteiger partial charge in [-0.1, -0.05) is 6.42 Å². The second-order valence-corrected chi connectivity index (χ2v) is 6.45. The molecule has 0 radical (unpaired) electrons. The van der Waals surface area contributed by atoms with Gasteiger partial charge in [-0.2, -0.15) is 0 Å². The summed E-state index contributed by atoms with van der Waals surface area (Å²) >= 11 is 0. The van der Waals surface area contributed by atoms with Crippen molar-refractivity contribution in [1.82, 2.24) is 20.2 Å². The quantitative estimate of drug-likeness (QED) is 0.911. The van der Waals surface area contributed by atoms with E-state index in [1.807, 2.05) is 12.3 Å². The molecule has 2 N–H and O–H groups in total. The molecule has 0 aromatic carbocycles. The molecule has 2 aromatic rings. The van der Waals surface area contributed by atoms with Crippen molar-refractivity contribution in [1.29, 1.82) is 0 Å². The number of hydrogen-bond donors (Lipinski definition) is 2. The van der Waals surface area contributed by atoms with E-state index in [0.29, 0.717) is 12.1 Å². The van der Waals surface area contributed by atoms with Crippen LogP contribution in [0.5, 0.6) is 0 Å². The zero-order valence-corrected chi connectivity index (χ0v) is 12.5. The van der Waals surface area contributed by atoms with E-state index in [1.165, 1.54) is 56.1 Å². The summed E-state index contributed by atoms with van der Waals surface area (Å²) in [5, 5.41) is 4.99. The van der Waals surface area contributed by atoms with Crippen LogP contribution in [0, 0.1) is 0 Å². The highest BCUT2D eigenvalue weighted by molar-refractivity contribution is 5.79. The number of piperidine rings is 1. The van der Waals surface area contributed by atoms with Crippen molar-refractivity contribution in [2.24, 2.45) is 0 Å². The van der Waals surface area contributed by atoms with Gasteiger partial charge in [-0.05, 0) is 56.5 Å². The van der Waals surface area contributed by atoms with Crippen LogP contribution in [0.25, 0.3) is 11.0 Å². The molecule has 21 heavy (non-hydrogen) atoms. The van der Waals surface area contributed by atoms with Crippen molar-refractivity contribution in [2.45, 2.75) is 50.7 Å². The van der Waals surface area contributed by atoms with E-state index in [9.17, 15) is 0 Å². The average molecular weight is 284 g/mol. The van der Waals surface area contributed by atoms with Crippen LogP contribution in [-0.2, 0) is 6.54 Å². The van der Waals surface area contributed by atoms with E-state index in [-0.39, 0.29) is 0 Å². The van der Waals surface area contributed by atoms with E-state index in [2.05, 4.69) is 32.4 Å². The van der Waals surface area contributed by atoms with Crippen LogP contribution in [0.3, 0.4) is 0 Å². The summed E-state index contributed by atoms with van der Waals surface area (Å²) in [6.07, 6.45) is 10.7. The maximum Gasteiger partial charge on any atom is 0.137 e. The number of H-pyrrole nitrogens is 1. The Kier molecular flexibility index (Phi) is 3.65. The van der Waals surface area contributed by atoms with Crippen molar-refractivity contribution in [3.8, 4) is 0 Å². The summed E-state index contributed by atoms with van der Waals surface area (Å²) in [4.78, 5) is 10.4. The van der Waals surface area contributed by atoms with Gasteiger partial charge >= 0.3 is 0 Å². The van der Waals surface area contributed by atoms with Crippen LogP contribution < -0.4 is 5.32 Å². The number of fused-ring (bicyclic) bond motifs is 1. The van der Waals surface area contributed by atoms with Crippen LogP contribution in [0.2, 0.25) is 0 Å². The maximum absolute atomic E-state index is 4.41. The lowest BCUT2D eigenvalue weighted by Crippen LogP contribution is -2.49. The average Bonchev–Trinajstić information content (AvgIpc) is 3.18. The first kappa shape index (κ1) is 13.3. The van der Waals surface area contributed by atoms with Crippen LogP contribution >= 0.6 is 0 Å². The first-order valence-corrected chi connectivity index (χ1v) is 8.30. The second kappa shape index (κ2) is 5.78. The second-order valence-electron chi connectivity index (χ2n) is 6.45. The van der Waals surface area contributed by atoms with Crippen LogP contribution in [0.1, 0.15) is 37.7 Å². The van der Waals surface area contributed by atoms with Gasteiger partial charge in [-0.15, -0.1) is 0 Å². The molecular formula is C17H24N4. The zero-order chi connectivity index (χ0) is 14.1. The van der Waals surface area contributed by atoms with E-state index in [0.717, 1.165) is 12.2 Å². The number of rotatable bonds is 3. The molecule has 2 saturated heterocycles. The predicted molar refractivity (Wildman–Crippen MR) is 85.2 cm³/mol. The minimum absolute atomic E-state index is 0.702. The number of pyridine rings is 1. The number of nitrogens with one attached hydrogen (secondary N) is 2. The lowest BCUT2D eigenvalue weighted by atomic mass is 9.94. The minimum atomic E-state index is 0.702. The van der Waals surface area contributed by atoms with E-state index in [4.69, 9.17) is 0 Å². The first-order chi connectivity index (χ1) is 10.4. The molecule has 4 rings (SSSR count). The summed E-state index contributed by atoms with van der Waals surface area (Å²) in [7, 11) is 0. The third-order valence-corrected chi connectivity index (χ3v) is 5.14. The zero-order valence-electron chi connectivity index (χ0n) is 12.5. The molecule has 2 aromatic heterocycles. The van der Waals surface area contributed by atoms with Crippen molar-refractivity contribution >= 4 is 11.0 Å². The molecule has 2 atom stereocenters. The molecule has 0 aliphatic carbocycles. The highest BCUT2D eigenvalue weighted by Crippen LogP contribution is 2.27. The third kappa shape index (κ3) is 2.58. The first-order valence-electron chi connectivity index (χ1n) is 8.30. The Morgan fingerprint density at radius 3 is 3.14 bits per heavy atom. The molecule has 2 aliphatic rings. The lowest BCUT2D eigenvalue weighted by molar-refractivity contribution is 0.113. The Labute approximate surface area is 125 Å². The molecule has 0 saturated carbocycles. The van der Waals surface area contributed by atoms with Gasteiger partial charge in [-0.3, -0.25) is 4.90 Å². The summed E-state index contributed by atoms with van der Waals surface area (Å²) in [5.41, 5.74) is 2.41. The Hall–Kier alpha value is -1.39. The summed E-state index contributed by atoms with van der Waals surface area (Å²) in [5.74, 6) is 0. The van der Waals surface area contributed by atoms with Crippen LogP contribution in [0.4, 0.5) is 0 Å². The Morgan fingerprint density at radius 2 is 2.24 bits per heavy atom. The molecule has 2 aliphatic heterocycles. The fourth-order valence-corrected chi connectivity index (χ4v) is 4.07. The highest BCUT2D eigenvalue weighted by atomic mass is 15.2. The van der Waals surface area contributed by atoms with Gasteiger partial charge in [0.15, 0.2) is 0 Å². The monoisotopic (exact) mass is 284 g/mol. The molecule has 2 unspecified atom stereocenters. The van der Waals surface area contributed by atoms with E-state index >= 15 is 0 Å². The highest BCUT2D eigenvalue weighted by Gasteiger charge is 2.31. The summed E-state index contributed by atoms with van der Waals surface area (Å²) < 4.78 is 0. The molecule has 2 fully saturated rings. The van der Waals surface area contributed by atoms with Crippen molar-refractivity contribution < 1.29 is 0 Å². The molecule has 0 amide bonds. The van der Waals surface area contributed by atoms with E-state index in [1.54, 1.807) is 0 Å². The van der Waals surface area contributed by atoms with Crippen molar-refractivity contribution in [3.05, 3.63) is 30.1 Å². The molecule has 4 heterocycles. The van der Waals surface area contributed by atoms with Gasteiger partial charge in [-0.25, -0.2) is 4.98 Å². The molecule has 4 nitrogen and oxygen atoms in total. The molecule has 112 valence electrons. The number of aromatic amines is 1. The van der Waals surface area contributed by atoms with Gasteiger partial charge in [0.25, 0.3) is 0 Å². The molecular weight excluding hydrogens is 260 g/mol. The summed E-state index contributed by atoms with van der Waals surface area (Å²) in [6, 6.07) is 5.63. The van der Waals surface area contributed by atoms with Gasteiger partial charge in [0, 0.05) is 36.4 Å². The molecule has 4 heteroatoms. The van der Waals surface area contributed by atoms with Gasteiger partial charge in [0.2, 0.25) is 0 Å². The smallest absolute Gasteiger partial charge is 0.137 e. The maximum atomic E-state index is 4.41. The Bertz CT molecular complexity index is 600. The number of hydrogen-bond acceptors (Lipinski definition) is 3. The number of aromatic nitrogens is 2. The van der Waals surface area contributed by atoms with Crippen molar-refractivity contribution in [3.63, 3.8) is 0 Å².